The molecule has 0 spiro atoms. The molecule has 1 aliphatic rings. The number of hydrogen-bond acceptors (Lipinski definition) is 3. The highest BCUT2D eigenvalue weighted by atomic mass is 19.1. The van der Waals surface area contributed by atoms with Gasteiger partial charge in [-0.3, -0.25) is 0 Å². The average molecular weight is 227 g/mol. The third kappa shape index (κ3) is 2.00. The Balaban J connectivity index is 2.23. The minimum absolute atomic E-state index is 0.00176. The van der Waals surface area contributed by atoms with Crippen molar-refractivity contribution in [3.05, 3.63) is 35.4 Å². The second kappa shape index (κ2) is 3.88. The fraction of sp³-hybridized carbons (Fsp3) is 0.200. The molecule has 1 N–H and O–H groups in total. The molecule has 1 heterocycles. The molecule has 4 nitrogen and oxygen atoms in total. The van der Waals surface area contributed by atoms with E-state index in [1.54, 1.807) is 0 Å². The van der Waals surface area contributed by atoms with E-state index >= 15 is 0 Å². The lowest BCUT2D eigenvalue weighted by Crippen LogP contribution is -2.19. The normalized spacial score (nSPS) is 19.1. The van der Waals surface area contributed by atoms with Crippen LogP contribution in [0.3, 0.4) is 0 Å². The van der Waals surface area contributed by atoms with Gasteiger partial charge in [0.15, 0.2) is 0 Å². The first-order valence-corrected chi connectivity index (χ1v) is 4.48. The van der Waals surface area contributed by atoms with Crippen molar-refractivity contribution in [1.82, 2.24) is 0 Å². The number of nitrogens with zero attached hydrogens (tertiary/aromatic N) is 1. The van der Waals surface area contributed by atoms with Crippen molar-refractivity contribution in [2.24, 2.45) is 5.16 Å². The Morgan fingerprint density at radius 3 is 2.50 bits per heavy atom. The quantitative estimate of drug-likeness (QED) is 0.833. The average Bonchev–Trinajstić information content (AvgIpc) is 2.64. The van der Waals surface area contributed by atoms with E-state index in [1.807, 2.05) is 0 Å². The predicted octanol–water partition coefficient (Wildman–Crippen LogP) is 1.54. The van der Waals surface area contributed by atoms with Crippen LogP contribution in [-0.2, 0) is 9.63 Å². The minimum atomic E-state index is -1.16. The van der Waals surface area contributed by atoms with Crippen LogP contribution in [0.15, 0.2) is 23.4 Å². The molecule has 0 fully saturated rings. The van der Waals surface area contributed by atoms with Crippen LogP contribution in [0.4, 0.5) is 8.78 Å². The number of rotatable bonds is 2. The zero-order valence-corrected chi connectivity index (χ0v) is 7.98. The third-order valence-corrected chi connectivity index (χ3v) is 2.14. The van der Waals surface area contributed by atoms with Gasteiger partial charge in [-0.25, -0.2) is 13.6 Å². The summed E-state index contributed by atoms with van der Waals surface area (Å²) in [5, 5.41) is 12.1. The second-order valence-electron chi connectivity index (χ2n) is 3.33. The van der Waals surface area contributed by atoms with Gasteiger partial charge >= 0.3 is 5.97 Å². The molecular formula is C10H7F2NO3. The molecule has 1 aliphatic heterocycles. The SMILES string of the molecule is O=C(O)[C@@H]1CC(c2cc(F)cc(F)c2)=NO1. The van der Waals surface area contributed by atoms with Crippen molar-refractivity contribution in [3.8, 4) is 0 Å². The fourth-order valence-electron chi connectivity index (χ4n) is 1.40. The van der Waals surface area contributed by atoms with Gasteiger partial charge in [-0.1, -0.05) is 5.16 Å². The van der Waals surface area contributed by atoms with E-state index in [-0.39, 0.29) is 17.7 Å². The lowest BCUT2D eigenvalue weighted by atomic mass is 10.0. The monoisotopic (exact) mass is 227 g/mol. The number of carbonyl (C=O) groups is 1. The van der Waals surface area contributed by atoms with Crippen LogP contribution >= 0.6 is 0 Å². The van der Waals surface area contributed by atoms with Gasteiger partial charge in [0.2, 0.25) is 6.10 Å². The molecule has 0 bridgehead atoms. The highest BCUT2D eigenvalue weighted by Gasteiger charge is 2.28. The number of halogens is 2. The Bertz CT molecular complexity index is 453. The number of oxime groups is 1. The van der Waals surface area contributed by atoms with Crippen LogP contribution in [-0.4, -0.2) is 22.9 Å². The van der Waals surface area contributed by atoms with E-state index in [9.17, 15) is 13.6 Å². The molecule has 1 atom stereocenters. The third-order valence-electron chi connectivity index (χ3n) is 2.14. The van der Waals surface area contributed by atoms with Crippen molar-refractivity contribution in [2.45, 2.75) is 12.5 Å². The first-order chi connectivity index (χ1) is 7.56. The summed E-state index contributed by atoms with van der Waals surface area (Å²) in [5.74, 6) is -2.64. The van der Waals surface area contributed by atoms with Crippen molar-refractivity contribution < 1.29 is 23.5 Å². The molecule has 0 amide bonds. The summed E-state index contributed by atoms with van der Waals surface area (Å²) in [4.78, 5) is 15.2. The maximum absolute atomic E-state index is 12.9. The number of benzene rings is 1. The van der Waals surface area contributed by atoms with Crippen molar-refractivity contribution in [2.75, 3.05) is 0 Å². The minimum Gasteiger partial charge on any atom is -0.478 e. The summed E-state index contributed by atoms with van der Waals surface area (Å²) in [5.41, 5.74) is 0.423. The first-order valence-electron chi connectivity index (χ1n) is 4.48. The van der Waals surface area contributed by atoms with Crippen LogP contribution in [0, 0.1) is 11.6 Å². The molecule has 0 saturated carbocycles. The van der Waals surface area contributed by atoms with E-state index < -0.39 is 23.7 Å². The summed E-state index contributed by atoms with van der Waals surface area (Å²) < 4.78 is 25.8. The second-order valence-corrected chi connectivity index (χ2v) is 3.33. The van der Waals surface area contributed by atoms with Crippen LogP contribution < -0.4 is 0 Å². The van der Waals surface area contributed by atoms with E-state index in [4.69, 9.17) is 5.11 Å². The van der Waals surface area contributed by atoms with Crippen LogP contribution in [0.2, 0.25) is 0 Å². The molecule has 6 heteroatoms. The standard InChI is InChI=1S/C10H7F2NO3/c11-6-1-5(2-7(12)3-6)8-4-9(10(14)15)16-13-8/h1-3,9H,4H2,(H,14,15)/t9-/m0/s1. The highest BCUT2D eigenvalue weighted by molar-refractivity contribution is 6.03. The van der Waals surface area contributed by atoms with E-state index in [2.05, 4.69) is 9.99 Å². The lowest BCUT2D eigenvalue weighted by molar-refractivity contribution is -0.148. The molecule has 0 unspecified atom stereocenters. The Morgan fingerprint density at radius 1 is 1.38 bits per heavy atom. The van der Waals surface area contributed by atoms with E-state index in [0.717, 1.165) is 18.2 Å². The zero-order chi connectivity index (χ0) is 11.7. The number of carboxylic acid groups (broad SMARTS) is 1. The molecule has 84 valence electrons. The van der Waals surface area contributed by atoms with Gasteiger partial charge < -0.3 is 9.94 Å². The summed E-state index contributed by atoms with van der Waals surface area (Å²) in [6, 6.07) is 2.89. The van der Waals surface area contributed by atoms with Gasteiger partial charge in [0, 0.05) is 18.1 Å². The Labute approximate surface area is 89.1 Å². The van der Waals surface area contributed by atoms with Crippen LogP contribution in [0.5, 0.6) is 0 Å². The predicted molar refractivity (Wildman–Crippen MR) is 50.0 cm³/mol. The van der Waals surface area contributed by atoms with Gasteiger partial charge in [0.1, 0.15) is 11.6 Å². The molecule has 16 heavy (non-hydrogen) atoms. The number of aliphatic carboxylic acids is 1. The van der Waals surface area contributed by atoms with Gasteiger partial charge in [0.25, 0.3) is 0 Å². The summed E-state index contributed by atoms with van der Waals surface area (Å²) in [6.45, 7) is 0. The van der Waals surface area contributed by atoms with Crippen LogP contribution in [0.25, 0.3) is 0 Å². The maximum Gasteiger partial charge on any atom is 0.348 e. The molecule has 0 aliphatic carbocycles. The van der Waals surface area contributed by atoms with E-state index in [1.165, 1.54) is 0 Å². The molecule has 2 rings (SSSR count). The zero-order valence-electron chi connectivity index (χ0n) is 7.98. The Hall–Kier alpha value is -1.98. The molecule has 0 radical (unpaired) electrons. The van der Waals surface area contributed by atoms with Gasteiger partial charge in [-0.05, 0) is 12.1 Å². The van der Waals surface area contributed by atoms with Gasteiger partial charge in [0.05, 0.1) is 5.71 Å². The Morgan fingerprint density at radius 2 is 2.00 bits per heavy atom. The first kappa shape index (κ1) is 10.5. The molecule has 0 aromatic heterocycles. The van der Waals surface area contributed by atoms with Crippen LogP contribution in [0.1, 0.15) is 12.0 Å². The highest BCUT2D eigenvalue weighted by Crippen LogP contribution is 2.18. The Kier molecular flexibility index (Phi) is 2.55. The van der Waals surface area contributed by atoms with Gasteiger partial charge in [-0.2, -0.15) is 0 Å². The fourth-order valence-corrected chi connectivity index (χ4v) is 1.40. The molecule has 0 saturated heterocycles. The van der Waals surface area contributed by atoms with Crippen molar-refractivity contribution in [1.29, 1.82) is 0 Å². The van der Waals surface area contributed by atoms with Crippen molar-refractivity contribution in [3.63, 3.8) is 0 Å². The largest absolute Gasteiger partial charge is 0.478 e. The molecule has 1 aromatic rings. The van der Waals surface area contributed by atoms with Gasteiger partial charge in [-0.15, -0.1) is 0 Å². The topological polar surface area (TPSA) is 58.9 Å². The summed E-state index contributed by atoms with van der Waals surface area (Å²) in [6.07, 6.45) is -1.08. The smallest absolute Gasteiger partial charge is 0.348 e. The summed E-state index contributed by atoms with van der Waals surface area (Å²) in [7, 11) is 0. The maximum atomic E-state index is 12.9. The van der Waals surface area contributed by atoms with E-state index in [0.29, 0.717) is 0 Å². The lowest BCUT2D eigenvalue weighted by Gasteiger charge is -2.00. The van der Waals surface area contributed by atoms with Crippen molar-refractivity contribution >= 4 is 11.7 Å². The summed E-state index contributed by atoms with van der Waals surface area (Å²) >= 11 is 0. The number of hydrogen-bond donors (Lipinski definition) is 1. The molecular weight excluding hydrogens is 220 g/mol. The number of carboxylic acids is 1. The molecule has 1 aromatic carbocycles.